The number of ether oxygens (including phenoxy) is 1. The van der Waals surface area contributed by atoms with Crippen LogP contribution in [0.1, 0.15) is 55.8 Å². The smallest absolute Gasteiger partial charge is 0.294 e. The number of rotatable bonds is 7. The van der Waals surface area contributed by atoms with Gasteiger partial charge in [0.1, 0.15) is 11.5 Å². The van der Waals surface area contributed by atoms with Crippen LogP contribution >= 0.6 is 23.2 Å². The topological polar surface area (TPSA) is 92.9 Å². The molecule has 36 heavy (non-hydrogen) atoms. The molecule has 0 spiro atoms. The number of hydrogen-bond donors (Lipinski definition) is 1. The van der Waals surface area contributed by atoms with Crippen molar-refractivity contribution in [2.45, 2.75) is 67.6 Å². The molecule has 2 atom stereocenters. The maximum absolute atomic E-state index is 11.4. The summed E-state index contributed by atoms with van der Waals surface area (Å²) < 4.78 is 44.5. The van der Waals surface area contributed by atoms with E-state index < -0.39 is 10.1 Å². The molecule has 2 saturated carbocycles. The molecule has 2 bridgehead atoms. The second-order valence-electron chi connectivity index (χ2n) is 10.0. The number of anilines is 1. The van der Waals surface area contributed by atoms with E-state index in [0.717, 1.165) is 62.1 Å². The fourth-order valence-electron chi connectivity index (χ4n) is 5.69. The summed E-state index contributed by atoms with van der Waals surface area (Å²) in [6.45, 7) is 1.19. The summed E-state index contributed by atoms with van der Waals surface area (Å²) in [6.07, 6.45) is 5.84. The van der Waals surface area contributed by atoms with Gasteiger partial charge < -0.3 is 14.2 Å². The van der Waals surface area contributed by atoms with Gasteiger partial charge >= 0.3 is 0 Å². The lowest BCUT2D eigenvalue weighted by Gasteiger charge is -2.41. The Labute approximate surface area is 220 Å². The molecule has 0 radical (unpaired) electrons. The Morgan fingerprint density at radius 2 is 1.81 bits per heavy atom. The SMILES string of the molecule is O=S(=O)(O)c1ccc(N2CCC3(OCc4c(-c5c(Cl)cccc5Cl)noc4C4CC4)CC[C@H]2C3)cc1. The van der Waals surface area contributed by atoms with Crippen molar-refractivity contribution in [2.24, 2.45) is 0 Å². The van der Waals surface area contributed by atoms with Gasteiger partial charge in [-0.3, -0.25) is 4.55 Å². The quantitative estimate of drug-likeness (QED) is 0.337. The molecule has 3 aromatic rings. The summed E-state index contributed by atoms with van der Waals surface area (Å²) in [5.74, 6) is 1.25. The average Bonchev–Trinajstić information content (AvgIpc) is 3.53. The summed E-state index contributed by atoms with van der Waals surface area (Å²) in [5.41, 5.74) is 3.01. The van der Waals surface area contributed by atoms with E-state index in [2.05, 4.69) is 10.1 Å². The van der Waals surface area contributed by atoms with Gasteiger partial charge in [0.15, 0.2) is 0 Å². The molecule has 2 aromatic carbocycles. The van der Waals surface area contributed by atoms with Crippen LogP contribution in [0.4, 0.5) is 5.69 Å². The zero-order valence-corrected chi connectivity index (χ0v) is 21.8. The number of halogens is 2. The zero-order chi connectivity index (χ0) is 25.1. The molecule has 1 N–H and O–H groups in total. The molecule has 190 valence electrons. The van der Waals surface area contributed by atoms with E-state index in [0.29, 0.717) is 39.9 Å². The number of piperidine rings is 1. The van der Waals surface area contributed by atoms with Crippen LogP contribution in [0.3, 0.4) is 0 Å². The van der Waals surface area contributed by atoms with Gasteiger partial charge in [0.05, 0.1) is 27.1 Å². The Kier molecular flexibility index (Phi) is 6.08. The molecule has 3 fully saturated rings. The van der Waals surface area contributed by atoms with Crippen LogP contribution in [0.25, 0.3) is 11.3 Å². The highest BCUT2D eigenvalue weighted by Gasteiger charge is 2.47. The Balaban J connectivity index is 1.21. The normalized spacial score (nSPS) is 23.9. The summed E-state index contributed by atoms with van der Waals surface area (Å²) in [5, 5.41) is 5.44. The van der Waals surface area contributed by atoms with Crippen molar-refractivity contribution in [2.75, 3.05) is 11.4 Å². The van der Waals surface area contributed by atoms with Crippen molar-refractivity contribution in [1.29, 1.82) is 0 Å². The van der Waals surface area contributed by atoms with E-state index in [1.165, 1.54) is 12.1 Å². The van der Waals surface area contributed by atoms with E-state index in [1.807, 2.05) is 6.07 Å². The molecule has 1 aromatic heterocycles. The fraction of sp³-hybridized carbons (Fsp3) is 0.423. The third-order valence-corrected chi connectivity index (χ3v) is 9.24. The number of fused-ring (bicyclic) bond motifs is 2. The fourth-order valence-corrected chi connectivity index (χ4v) is 6.75. The van der Waals surface area contributed by atoms with Crippen LogP contribution in [0.2, 0.25) is 10.0 Å². The molecular formula is C26H26Cl2N2O5S. The summed E-state index contributed by atoms with van der Waals surface area (Å²) in [4.78, 5) is 2.22. The zero-order valence-electron chi connectivity index (χ0n) is 19.5. The maximum Gasteiger partial charge on any atom is 0.294 e. The Hall–Kier alpha value is -2.10. The standard InChI is InChI=1S/C26H26Cl2N2O5S/c27-21-2-1-3-22(28)23(21)24-20(25(35-29-24)16-4-5-16)15-34-26-11-10-18(14-26)30(13-12-26)17-6-8-19(9-7-17)36(31,32)33/h1-3,6-9,16,18H,4-5,10-15H2,(H,31,32,33)/t18-,26?/m0/s1. The average molecular weight is 549 g/mol. The third-order valence-electron chi connectivity index (χ3n) is 7.75. The Bertz CT molecular complexity index is 1380. The van der Waals surface area contributed by atoms with Gasteiger partial charge in [0, 0.05) is 35.3 Å². The lowest BCUT2D eigenvalue weighted by atomic mass is 9.92. The van der Waals surface area contributed by atoms with Crippen LogP contribution in [0, 0.1) is 0 Å². The Morgan fingerprint density at radius 1 is 1.08 bits per heavy atom. The van der Waals surface area contributed by atoms with Gasteiger partial charge in [0.25, 0.3) is 10.1 Å². The van der Waals surface area contributed by atoms with Crippen molar-refractivity contribution >= 4 is 39.0 Å². The molecule has 10 heteroatoms. The number of hydrogen-bond acceptors (Lipinski definition) is 6. The van der Waals surface area contributed by atoms with E-state index >= 15 is 0 Å². The number of nitrogens with zero attached hydrogens (tertiary/aromatic N) is 2. The van der Waals surface area contributed by atoms with Gasteiger partial charge in [-0.05, 0) is 74.9 Å². The largest absolute Gasteiger partial charge is 0.370 e. The second-order valence-corrected chi connectivity index (χ2v) is 12.3. The van der Waals surface area contributed by atoms with Crippen molar-refractivity contribution in [3.63, 3.8) is 0 Å². The van der Waals surface area contributed by atoms with E-state index in [-0.39, 0.29) is 10.5 Å². The number of aromatic nitrogens is 1. The molecule has 6 rings (SSSR count). The minimum absolute atomic E-state index is 0.0954. The van der Waals surface area contributed by atoms with Crippen LogP contribution in [0.5, 0.6) is 0 Å². The van der Waals surface area contributed by atoms with Crippen molar-refractivity contribution in [1.82, 2.24) is 5.16 Å². The lowest BCUT2D eigenvalue weighted by Crippen LogP contribution is -2.45. The van der Waals surface area contributed by atoms with Gasteiger partial charge in [-0.2, -0.15) is 8.42 Å². The highest BCUT2D eigenvalue weighted by atomic mass is 35.5. The van der Waals surface area contributed by atoms with Crippen LogP contribution in [-0.4, -0.2) is 36.3 Å². The predicted molar refractivity (Wildman–Crippen MR) is 137 cm³/mol. The lowest BCUT2D eigenvalue weighted by molar-refractivity contribution is -0.0624. The first kappa shape index (κ1) is 24.2. The molecule has 2 aliphatic carbocycles. The van der Waals surface area contributed by atoms with Crippen molar-refractivity contribution in [3.8, 4) is 11.3 Å². The molecule has 3 aliphatic rings. The minimum Gasteiger partial charge on any atom is -0.370 e. The first-order valence-electron chi connectivity index (χ1n) is 12.2. The minimum atomic E-state index is -4.20. The molecule has 1 saturated heterocycles. The molecule has 0 amide bonds. The van der Waals surface area contributed by atoms with Crippen molar-refractivity contribution in [3.05, 3.63) is 63.8 Å². The Morgan fingerprint density at radius 3 is 2.47 bits per heavy atom. The van der Waals surface area contributed by atoms with E-state index in [9.17, 15) is 13.0 Å². The van der Waals surface area contributed by atoms with E-state index in [4.69, 9.17) is 32.5 Å². The summed E-state index contributed by atoms with van der Waals surface area (Å²) in [6, 6.07) is 12.1. The first-order chi connectivity index (χ1) is 17.2. The van der Waals surface area contributed by atoms with Gasteiger partial charge in [-0.25, -0.2) is 0 Å². The number of benzene rings is 2. The van der Waals surface area contributed by atoms with Gasteiger partial charge in [-0.1, -0.05) is 34.4 Å². The second kappa shape index (κ2) is 9.03. The molecule has 1 unspecified atom stereocenters. The van der Waals surface area contributed by atoms with Crippen LogP contribution < -0.4 is 4.90 Å². The third kappa shape index (κ3) is 4.43. The molecule has 7 nitrogen and oxygen atoms in total. The predicted octanol–water partition coefficient (Wildman–Crippen LogP) is 6.49. The summed E-state index contributed by atoms with van der Waals surface area (Å²) in [7, 11) is -4.20. The van der Waals surface area contributed by atoms with Crippen LogP contribution in [-0.2, 0) is 21.5 Å². The first-order valence-corrected chi connectivity index (χ1v) is 14.3. The van der Waals surface area contributed by atoms with Gasteiger partial charge in [-0.15, -0.1) is 0 Å². The van der Waals surface area contributed by atoms with Gasteiger partial charge in [0.2, 0.25) is 0 Å². The summed E-state index contributed by atoms with van der Waals surface area (Å²) >= 11 is 13.0. The maximum atomic E-state index is 11.4. The van der Waals surface area contributed by atoms with Crippen LogP contribution in [0.15, 0.2) is 51.9 Å². The van der Waals surface area contributed by atoms with E-state index in [1.54, 1.807) is 24.3 Å². The highest BCUT2D eigenvalue weighted by molar-refractivity contribution is 7.85. The highest BCUT2D eigenvalue weighted by Crippen LogP contribution is 2.48. The molecule has 2 heterocycles. The monoisotopic (exact) mass is 548 g/mol. The molecular weight excluding hydrogens is 523 g/mol. The molecule has 1 aliphatic heterocycles. The van der Waals surface area contributed by atoms with Crippen molar-refractivity contribution < 1.29 is 22.2 Å².